The standard InChI is InChI=1S/C25H28N4O4/c1-5-32-20-11-9-18(10-12-20)22-21(17(3)29(13-14-31-4)25(30)26-22)24-27-23(28-33-24)19-8-6-7-16(2)15-19/h6-12,15,22H,5,13-14H2,1-4H3,(H,26,30). The number of methoxy groups -OCH3 is 1. The molecule has 8 nitrogen and oxygen atoms in total. The molecule has 0 radical (unpaired) electrons. The molecule has 0 saturated carbocycles. The molecule has 2 amide bonds. The predicted molar refractivity (Wildman–Crippen MR) is 125 cm³/mol. The number of benzene rings is 2. The van der Waals surface area contributed by atoms with Crippen LogP contribution in [0.3, 0.4) is 0 Å². The molecule has 4 rings (SSSR count). The van der Waals surface area contributed by atoms with Gasteiger partial charge in [-0.25, -0.2) is 4.79 Å². The van der Waals surface area contributed by atoms with Crippen LogP contribution in [-0.4, -0.2) is 47.9 Å². The van der Waals surface area contributed by atoms with E-state index in [0.29, 0.717) is 31.5 Å². The van der Waals surface area contributed by atoms with Gasteiger partial charge < -0.3 is 19.3 Å². The number of nitrogens with one attached hydrogen (secondary N) is 1. The number of nitrogens with zero attached hydrogens (tertiary/aromatic N) is 3. The van der Waals surface area contributed by atoms with Crippen LogP contribution in [0.1, 0.15) is 36.9 Å². The fourth-order valence-electron chi connectivity index (χ4n) is 3.92. The Labute approximate surface area is 193 Å². The molecule has 0 aliphatic carbocycles. The largest absolute Gasteiger partial charge is 0.494 e. The Morgan fingerprint density at radius 1 is 1.15 bits per heavy atom. The first-order chi connectivity index (χ1) is 16.0. The van der Waals surface area contributed by atoms with Crippen molar-refractivity contribution in [3.05, 3.63) is 71.2 Å². The van der Waals surface area contributed by atoms with Crippen molar-refractivity contribution in [3.63, 3.8) is 0 Å². The van der Waals surface area contributed by atoms with Gasteiger partial charge in [-0.05, 0) is 44.5 Å². The molecule has 0 fully saturated rings. The molecule has 0 saturated heterocycles. The van der Waals surface area contributed by atoms with E-state index in [9.17, 15) is 4.79 Å². The lowest BCUT2D eigenvalue weighted by Gasteiger charge is -2.35. The molecule has 172 valence electrons. The molecule has 3 aromatic rings. The zero-order valence-corrected chi connectivity index (χ0v) is 19.3. The molecule has 1 unspecified atom stereocenters. The Kier molecular flexibility index (Phi) is 6.74. The zero-order valence-electron chi connectivity index (χ0n) is 19.3. The van der Waals surface area contributed by atoms with E-state index in [0.717, 1.165) is 33.7 Å². The molecule has 1 aliphatic rings. The average molecular weight is 449 g/mol. The predicted octanol–water partition coefficient (Wildman–Crippen LogP) is 4.59. The minimum atomic E-state index is -0.446. The van der Waals surface area contributed by atoms with Crippen LogP contribution in [0, 0.1) is 6.92 Å². The van der Waals surface area contributed by atoms with E-state index in [1.165, 1.54) is 0 Å². The third kappa shape index (κ3) is 4.75. The van der Waals surface area contributed by atoms with Crippen molar-refractivity contribution in [1.82, 2.24) is 20.4 Å². The van der Waals surface area contributed by atoms with E-state index in [1.54, 1.807) is 12.0 Å². The lowest BCUT2D eigenvalue weighted by atomic mass is 9.94. The monoisotopic (exact) mass is 448 g/mol. The molecule has 0 bridgehead atoms. The van der Waals surface area contributed by atoms with Gasteiger partial charge in [-0.3, -0.25) is 4.90 Å². The van der Waals surface area contributed by atoms with Gasteiger partial charge in [0.2, 0.25) is 5.82 Å². The number of aryl methyl sites for hydroxylation is 1. The summed E-state index contributed by atoms with van der Waals surface area (Å²) in [5.41, 5.74) is 4.37. The molecular weight excluding hydrogens is 420 g/mol. The molecule has 1 aromatic heterocycles. The number of rotatable bonds is 8. The van der Waals surface area contributed by atoms with Crippen LogP contribution in [0.15, 0.2) is 58.8 Å². The molecule has 1 aliphatic heterocycles. The van der Waals surface area contributed by atoms with Crippen LogP contribution in [0.5, 0.6) is 5.75 Å². The number of carbonyl (C=O) groups is 1. The third-order valence-electron chi connectivity index (χ3n) is 5.57. The highest BCUT2D eigenvalue weighted by atomic mass is 16.5. The van der Waals surface area contributed by atoms with Crippen molar-refractivity contribution in [1.29, 1.82) is 0 Å². The first-order valence-electron chi connectivity index (χ1n) is 10.9. The third-order valence-corrected chi connectivity index (χ3v) is 5.57. The smallest absolute Gasteiger partial charge is 0.322 e. The average Bonchev–Trinajstić information content (AvgIpc) is 3.29. The maximum absolute atomic E-state index is 12.9. The second-order valence-corrected chi connectivity index (χ2v) is 7.82. The van der Waals surface area contributed by atoms with Crippen LogP contribution in [0.25, 0.3) is 17.0 Å². The molecule has 1 atom stereocenters. The maximum Gasteiger partial charge on any atom is 0.322 e. The van der Waals surface area contributed by atoms with E-state index >= 15 is 0 Å². The number of amides is 2. The minimum Gasteiger partial charge on any atom is -0.494 e. The Hall–Kier alpha value is -3.65. The Balaban J connectivity index is 1.76. The SMILES string of the molecule is CCOc1ccc(C2NC(=O)N(CCOC)C(C)=C2c2nc(-c3cccc(C)c3)no2)cc1. The van der Waals surface area contributed by atoms with Gasteiger partial charge >= 0.3 is 6.03 Å². The summed E-state index contributed by atoms with van der Waals surface area (Å²) in [7, 11) is 1.61. The van der Waals surface area contributed by atoms with Gasteiger partial charge in [0.15, 0.2) is 0 Å². The van der Waals surface area contributed by atoms with Crippen molar-refractivity contribution in [2.75, 3.05) is 26.9 Å². The van der Waals surface area contributed by atoms with Gasteiger partial charge in [-0.15, -0.1) is 0 Å². The number of aromatic nitrogens is 2. The zero-order chi connectivity index (χ0) is 23.4. The summed E-state index contributed by atoms with van der Waals surface area (Å²) < 4.78 is 16.5. The second-order valence-electron chi connectivity index (χ2n) is 7.82. The molecular formula is C25H28N4O4. The van der Waals surface area contributed by atoms with Crippen molar-refractivity contribution in [2.45, 2.75) is 26.8 Å². The van der Waals surface area contributed by atoms with Crippen molar-refractivity contribution in [2.24, 2.45) is 0 Å². The lowest BCUT2D eigenvalue weighted by Crippen LogP contribution is -2.47. The highest BCUT2D eigenvalue weighted by Gasteiger charge is 2.35. The summed E-state index contributed by atoms with van der Waals surface area (Å²) in [5, 5.41) is 7.30. The highest BCUT2D eigenvalue weighted by Crippen LogP contribution is 2.37. The van der Waals surface area contributed by atoms with Gasteiger partial charge in [0.05, 0.1) is 31.4 Å². The van der Waals surface area contributed by atoms with Gasteiger partial charge in [0, 0.05) is 18.4 Å². The summed E-state index contributed by atoms with van der Waals surface area (Å²) in [6.07, 6.45) is 0. The van der Waals surface area contributed by atoms with Gasteiger partial charge in [0.25, 0.3) is 5.89 Å². The number of carbonyl (C=O) groups excluding carboxylic acids is 1. The Morgan fingerprint density at radius 3 is 2.64 bits per heavy atom. The first kappa shape index (κ1) is 22.5. The van der Waals surface area contributed by atoms with Crippen LogP contribution in [0.4, 0.5) is 4.79 Å². The molecule has 1 N–H and O–H groups in total. The molecule has 2 heterocycles. The van der Waals surface area contributed by atoms with Crippen LogP contribution >= 0.6 is 0 Å². The van der Waals surface area contributed by atoms with Crippen LogP contribution in [0.2, 0.25) is 0 Å². The van der Waals surface area contributed by atoms with Gasteiger partial charge in [-0.1, -0.05) is 41.1 Å². The minimum absolute atomic E-state index is 0.203. The lowest BCUT2D eigenvalue weighted by molar-refractivity contribution is 0.158. The number of allylic oxidation sites excluding steroid dienone is 1. The van der Waals surface area contributed by atoms with E-state index in [-0.39, 0.29) is 6.03 Å². The highest BCUT2D eigenvalue weighted by molar-refractivity contribution is 5.86. The summed E-state index contributed by atoms with van der Waals surface area (Å²) in [6.45, 7) is 7.25. The molecule has 0 spiro atoms. The van der Waals surface area contributed by atoms with Gasteiger partial charge in [-0.2, -0.15) is 4.98 Å². The van der Waals surface area contributed by atoms with Crippen molar-refractivity contribution < 1.29 is 18.8 Å². The number of hydrogen-bond acceptors (Lipinski definition) is 6. The normalized spacial score (nSPS) is 16.2. The quantitative estimate of drug-likeness (QED) is 0.542. The summed E-state index contributed by atoms with van der Waals surface area (Å²) in [4.78, 5) is 19.3. The second kappa shape index (κ2) is 9.87. The van der Waals surface area contributed by atoms with Crippen molar-refractivity contribution in [3.8, 4) is 17.1 Å². The van der Waals surface area contributed by atoms with Crippen LogP contribution in [-0.2, 0) is 4.74 Å². The maximum atomic E-state index is 12.9. The Bertz CT molecular complexity index is 1150. The number of ether oxygens (including phenoxy) is 2. The van der Waals surface area contributed by atoms with Gasteiger partial charge in [0.1, 0.15) is 5.75 Å². The number of urea groups is 1. The van der Waals surface area contributed by atoms with E-state index in [1.807, 2.05) is 69.3 Å². The van der Waals surface area contributed by atoms with E-state index < -0.39 is 6.04 Å². The first-order valence-corrected chi connectivity index (χ1v) is 10.9. The number of hydrogen-bond donors (Lipinski definition) is 1. The Morgan fingerprint density at radius 2 is 1.94 bits per heavy atom. The molecule has 2 aromatic carbocycles. The summed E-state index contributed by atoms with van der Waals surface area (Å²) in [5.74, 6) is 1.64. The topological polar surface area (TPSA) is 89.7 Å². The van der Waals surface area contributed by atoms with E-state index in [4.69, 9.17) is 14.0 Å². The molecule has 33 heavy (non-hydrogen) atoms. The summed E-state index contributed by atoms with van der Waals surface area (Å²) >= 11 is 0. The fraction of sp³-hybridized carbons (Fsp3) is 0.320. The fourth-order valence-corrected chi connectivity index (χ4v) is 3.92. The van der Waals surface area contributed by atoms with E-state index in [2.05, 4.69) is 15.5 Å². The molecule has 8 heteroatoms. The summed E-state index contributed by atoms with van der Waals surface area (Å²) in [6, 6.07) is 14.9. The van der Waals surface area contributed by atoms with Crippen molar-refractivity contribution >= 4 is 11.6 Å². The van der Waals surface area contributed by atoms with Crippen LogP contribution < -0.4 is 10.1 Å².